The normalized spacial score (nSPS) is 8.75. The fourth-order valence-corrected chi connectivity index (χ4v) is 0.213. The smallest absolute Gasteiger partial charge is 0.190 e. The van der Waals surface area contributed by atoms with Gasteiger partial charge in [0.25, 0.3) is 0 Å². The summed E-state index contributed by atoms with van der Waals surface area (Å²) in [5, 5.41) is 6.77. The van der Waals surface area contributed by atoms with Crippen molar-refractivity contribution in [1.82, 2.24) is 0 Å². The fourth-order valence-electron chi connectivity index (χ4n) is 0.213. The zero-order valence-corrected chi connectivity index (χ0v) is 5.23. The summed E-state index contributed by atoms with van der Waals surface area (Å²) in [6, 6.07) is 0. The minimum Gasteiger partial charge on any atom is -0.455 e. The molecule has 0 saturated carbocycles. The zero-order chi connectivity index (χ0) is 6.41. The molecule has 0 aliphatic rings. The molecule has 48 valence electrons. The summed E-state index contributed by atoms with van der Waals surface area (Å²) in [7, 11) is 0. The molecule has 1 N–H and O–H groups in total. The Bertz CT molecular complexity index is 72.8. The zero-order valence-electron chi connectivity index (χ0n) is 5.23. The summed E-state index contributed by atoms with van der Waals surface area (Å²) in [4.78, 5) is 0. The van der Waals surface area contributed by atoms with Crippen molar-refractivity contribution >= 4 is 5.90 Å². The van der Waals surface area contributed by atoms with Crippen LogP contribution in [0.2, 0.25) is 0 Å². The van der Waals surface area contributed by atoms with Crippen LogP contribution >= 0.6 is 0 Å². The van der Waals surface area contributed by atoms with Gasteiger partial charge in [-0.3, -0.25) is 5.41 Å². The molecule has 0 rings (SSSR count). The maximum atomic E-state index is 6.77. The molecule has 0 heterocycles. The highest BCUT2D eigenvalue weighted by molar-refractivity contribution is 5.69. The number of rotatable bonds is 3. The Labute approximate surface area is 49.1 Å². The molecule has 0 aromatic heterocycles. The minimum atomic E-state index is 0.193. The molecule has 0 unspecified atom stereocenters. The first-order valence-corrected chi connectivity index (χ1v) is 2.53. The fraction of sp³-hybridized carbons (Fsp3) is 0.800. The summed E-state index contributed by atoms with van der Waals surface area (Å²) >= 11 is 0. The molecule has 3 heteroatoms. The topological polar surface area (TPSA) is 42.3 Å². The minimum absolute atomic E-state index is 0.193. The Morgan fingerprint density at radius 3 is 2.62 bits per heavy atom. The van der Waals surface area contributed by atoms with Crippen molar-refractivity contribution in [2.75, 3.05) is 13.4 Å². The van der Waals surface area contributed by atoms with Crippen LogP contribution < -0.4 is 0 Å². The Hall–Kier alpha value is -0.570. The van der Waals surface area contributed by atoms with Gasteiger partial charge < -0.3 is 9.47 Å². The lowest BCUT2D eigenvalue weighted by Gasteiger charge is -2.00. The first-order chi connectivity index (χ1) is 3.77. The van der Waals surface area contributed by atoms with E-state index in [1.54, 1.807) is 6.92 Å². The molecule has 0 spiro atoms. The van der Waals surface area contributed by atoms with Crippen LogP contribution in [-0.4, -0.2) is 19.3 Å². The highest BCUT2D eigenvalue weighted by Crippen LogP contribution is 1.77. The van der Waals surface area contributed by atoms with Crippen LogP contribution in [0.15, 0.2) is 0 Å². The summed E-state index contributed by atoms with van der Waals surface area (Å²) < 4.78 is 9.42. The molecule has 0 aliphatic carbocycles. The summed E-state index contributed by atoms with van der Waals surface area (Å²) in [5.74, 6) is 0.193. The van der Waals surface area contributed by atoms with Crippen LogP contribution in [0.3, 0.4) is 0 Å². The summed E-state index contributed by atoms with van der Waals surface area (Å²) in [6.45, 7) is 4.28. The van der Waals surface area contributed by atoms with Crippen LogP contribution in [0.5, 0.6) is 0 Å². The van der Waals surface area contributed by atoms with Gasteiger partial charge in [-0.05, 0) is 6.92 Å². The largest absolute Gasteiger partial charge is 0.455 e. The highest BCUT2D eigenvalue weighted by atomic mass is 16.7. The van der Waals surface area contributed by atoms with E-state index in [1.807, 2.05) is 6.92 Å². The van der Waals surface area contributed by atoms with Gasteiger partial charge in [0.05, 0.1) is 0 Å². The third-order valence-electron chi connectivity index (χ3n) is 0.563. The maximum absolute atomic E-state index is 6.77. The molecule has 0 bridgehead atoms. The molecule has 3 nitrogen and oxygen atoms in total. The van der Waals surface area contributed by atoms with Gasteiger partial charge in [0.15, 0.2) is 12.7 Å². The van der Waals surface area contributed by atoms with E-state index in [-0.39, 0.29) is 12.7 Å². The van der Waals surface area contributed by atoms with Gasteiger partial charge >= 0.3 is 0 Å². The Kier molecular flexibility index (Phi) is 4.26. The molecule has 0 radical (unpaired) electrons. The van der Waals surface area contributed by atoms with Crippen LogP contribution in [0.1, 0.15) is 13.8 Å². The van der Waals surface area contributed by atoms with Gasteiger partial charge in [0, 0.05) is 13.5 Å². The van der Waals surface area contributed by atoms with E-state index in [0.717, 1.165) is 0 Å². The average Bonchev–Trinajstić information content (AvgIpc) is 1.66. The van der Waals surface area contributed by atoms with E-state index in [1.165, 1.54) is 0 Å². The quantitative estimate of drug-likeness (QED) is 0.259. The lowest BCUT2D eigenvalue weighted by atomic mass is 10.8. The van der Waals surface area contributed by atoms with Gasteiger partial charge in [0.1, 0.15) is 0 Å². The number of ether oxygens (including phenoxy) is 2. The Morgan fingerprint density at radius 2 is 2.25 bits per heavy atom. The molecule has 0 saturated heterocycles. The van der Waals surface area contributed by atoms with Crippen molar-refractivity contribution in [3.63, 3.8) is 0 Å². The van der Waals surface area contributed by atoms with E-state index in [0.29, 0.717) is 6.61 Å². The second kappa shape index (κ2) is 4.59. The molecule has 8 heavy (non-hydrogen) atoms. The highest BCUT2D eigenvalue weighted by Gasteiger charge is 1.83. The van der Waals surface area contributed by atoms with E-state index in [2.05, 4.69) is 4.74 Å². The standard InChI is InChI=1S/C5H11NO2/c1-3-7-4-8-5(2)6/h6H,3-4H2,1-2H3. The number of hydrogen-bond donors (Lipinski definition) is 1. The van der Waals surface area contributed by atoms with Crippen LogP contribution in [0, 0.1) is 5.41 Å². The second-order valence-electron chi connectivity index (χ2n) is 1.31. The lowest BCUT2D eigenvalue weighted by Crippen LogP contribution is -2.02. The third-order valence-corrected chi connectivity index (χ3v) is 0.563. The molecular weight excluding hydrogens is 106 g/mol. The molecular formula is C5H11NO2. The second-order valence-corrected chi connectivity index (χ2v) is 1.31. The van der Waals surface area contributed by atoms with Crippen molar-refractivity contribution in [1.29, 1.82) is 5.41 Å². The van der Waals surface area contributed by atoms with Crippen molar-refractivity contribution in [3.8, 4) is 0 Å². The lowest BCUT2D eigenvalue weighted by molar-refractivity contribution is 0.0134. The van der Waals surface area contributed by atoms with Crippen molar-refractivity contribution in [2.45, 2.75) is 13.8 Å². The molecule has 0 aromatic rings. The monoisotopic (exact) mass is 117 g/mol. The van der Waals surface area contributed by atoms with Crippen molar-refractivity contribution < 1.29 is 9.47 Å². The first kappa shape index (κ1) is 7.43. The third kappa shape index (κ3) is 5.43. The van der Waals surface area contributed by atoms with E-state index in [9.17, 15) is 0 Å². The first-order valence-electron chi connectivity index (χ1n) is 2.53. The van der Waals surface area contributed by atoms with E-state index < -0.39 is 0 Å². The summed E-state index contributed by atoms with van der Waals surface area (Å²) in [5.41, 5.74) is 0. The predicted octanol–water partition coefficient (Wildman–Crippen LogP) is 0.994. The van der Waals surface area contributed by atoms with Crippen LogP contribution in [0.25, 0.3) is 0 Å². The van der Waals surface area contributed by atoms with Gasteiger partial charge in [-0.2, -0.15) is 0 Å². The van der Waals surface area contributed by atoms with Crippen LogP contribution in [-0.2, 0) is 9.47 Å². The SMILES string of the molecule is CCOCOC(C)=N. The van der Waals surface area contributed by atoms with Gasteiger partial charge in [-0.1, -0.05) is 0 Å². The predicted molar refractivity (Wildman–Crippen MR) is 31.0 cm³/mol. The van der Waals surface area contributed by atoms with E-state index >= 15 is 0 Å². The van der Waals surface area contributed by atoms with Gasteiger partial charge in [0.2, 0.25) is 0 Å². The average molecular weight is 117 g/mol. The molecule has 0 fully saturated rings. The van der Waals surface area contributed by atoms with Crippen LogP contribution in [0.4, 0.5) is 0 Å². The van der Waals surface area contributed by atoms with Crippen molar-refractivity contribution in [3.05, 3.63) is 0 Å². The summed E-state index contributed by atoms with van der Waals surface area (Å²) in [6.07, 6.45) is 0. The van der Waals surface area contributed by atoms with Gasteiger partial charge in [-0.25, -0.2) is 0 Å². The van der Waals surface area contributed by atoms with E-state index in [4.69, 9.17) is 10.1 Å². The molecule has 0 aromatic carbocycles. The number of nitrogens with one attached hydrogen (secondary N) is 1. The Balaban J connectivity index is 2.82. The molecule has 0 amide bonds. The van der Waals surface area contributed by atoms with Gasteiger partial charge in [-0.15, -0.1) is 0 Å². The Morgan fingerprint density at radius 1 is 1.62 bits per heavy atom. The maximum Gasteiger partial charge on any atom is 0.190 e. The number of hydrogen-bond acceptors (Lipinski definition) is 3. The molecule has 0 atom stereocenters. The van der Waals surface area contributed by atoms with Crippen molar-refractivity contribution in [2.24, 2.45) is 0 Å². The molecule has 0 aliphatic heterocycles.